The van der Waals surface area contributed by atoms with Gasteiger partial charge in [-0.3, -0.25) is 4.79 Å². The quantitative estimate of drug-likeness (QED) is 0.330. The van der Waals surface area contributed by atoms with Gasteiger partial charge in [-0.2, -0.15) is 5.10 Å². The van der Waals surface area contributed by atoms with Crippen molar-refractivity contribution in [2.24, 2.45) is 0 Å². The molecular weight excluding hydrogens is 473 g/mol. The second-order valence-corrected chi connectivity index (χ2v) is 8.03. The van der Waals surface area contributed by atoms with Gasteiger partial charge in [-0.1, -0.05) is 47.3 Å². The molecule has 0 spiro atoms. The van der Waals surface area contributed by atoms with Crippen molar-refractivity contribution in [2.75, 3.05) is 6.61 Å². The lowest BCUT2D eigenvalue weighted by molar-refractivity contribution is -0.159. The molecule has 1 aliphatic heterocycles. The predicted molar refractivity (Wildman–Crippen MR) is 118 cm³/mol. The van der Waals surface area contributed by atoms with E-state index in [9.17, 15) is 14.7 Å². The molecule has 170 valence electrons. The molecule has 0 aliphatic carbocycles. The van der Waals surface area contributed by atoms with Crippen LogP contribution in [-0.2, 0) is 19.0 Å². The molecule has 0 amide bonds. The number of carbonyl (C=O) groups is 2. The summed E-state index contributed by atoms with van der Waals surface area (Å²) in [6, 6.07) is 9.71. The molecule has 1 N–H and O–H groups in total. The fourth-order valence-electron chi connectivity index (χ4n) is 3.54. The van der Waals surface area contributed by atoms with Crippen molar-refractivity contribution >= 4 is 46.2 Å². The Morgan fingerprint density at radius 1 is 1.33 bits per heavy atom. The Bertz CT molecular complexity index is 1260. The van der Waals surface area contributed by atoms with Crippen molar-refractivity contribution in [1.29, 1.82) is 0 Å². The summed E-state index contributed by atoms with van der Waals surface area (Å²) in [6.07, 6.45) is 3.18. The summed E-state index contributed by atoms with van der Waals surface area (Å²) < 4.78 is 17.8. The van der Waals surface area contributed by atoms with Crippen LogP contribution in [0.15, 0.2) is 42.6 Å². The maximum absolute atomic E-state index is 12.4. The van der Waals surface area contributed by atoms with Crippen molar-refractivity contribution in [2.45, 2.75) is 31.0 Å². The lowest BCUT2D eigenvalue weighted by atomic mass is 9.93. The van der Waals surface area contributed by atoms with Crippen LogP contribution < -0.4 is 0 Å². The normalized spacial score (nSPS) is 24.4. The third kappa shape index (κ3) is 4.26. The molecule has 3 heterocycles. The van der Waals surface area contributed by atoms with Crippen LogP contribution in [0.5, 0.6) is 0 Å². The first-order valence-corrected chi connectivity index (χ1v) is 10.4. The van der Waals surface area contributed by atoms with E-state index in [4.69, 9.17) is 43.8 Å². The highest BCUT2D eigenvalue weighted by atomic mass is 35.5. The Hall–Kier alpha value is -3.16. The van der Waals surface area contributed by atoms with Gasteiger partial charge in [0.1, 0.15) is 17.9 Å². The van der Waals surface area contributed by atoms with Gasteiger partial charge < -0.3 is 19.3 Å². The molecule has 11 heteroatoms. The van der Waals surface area contributed by atoms with Crippen molar-refractivity contribution in [3.63, 3.8) is 0 Å². The minimum absolute atomic E-state index is 0.0943. The summed E-state index contributed by atoms with van der Waals surface area (Å²) in [7, 11) is 0. The zero-order valence-corrected chi connectivity index (χ0v) is 18.7. The van der Waals surface area contributed by atoms with E-state index in [1.807, 2.05) is 0 Å². The third-order valence-electron chi connectivity index (χ3n) is 5.11. The van der Waals surface area contributed by atoms with E-state index in [1.54, 1.807) is 30.3 Å². The first-order valence-electron chi connectivity index (χ1n) is 9.69. The molecule has 0 saturated carbocycles. The Morgan fingerprint density at radius 2 is 2.06 bits per heavy atom. The number of benzene rings is 1. The maximum atomic E-state index is 12.4. The van der Waals surface area contributed by atoms with Crippen LogP contribution >= 0.6 is 23.2 Å². The monoisotopic (exact) mass is 489 g/mol. The molecule has 0 radical (unpaired) electrons. The van der Waals surface area contributed by atoms with Gasteiger partial charge in [-0.15, -0.1) is 6.42 Å². The van der Waals surface area contributed by atoms with Crippen LogP contribution in [0, 0.1) is 12.3 Å². The molecule has 4 rings (SSSR count). The largest absolute Gasteiger partial charge is 0.459 e. The molecule has 1 aliphatic rings. The zero-order valence-electron chi connectivity index (χ0n) is 17.1. The minimum atomic E-state index is -2.14. The number of fused-ring (bicyclic) bond motifs is 1. The van der Waals surface area contributed by atoms with E-state index in [0.717, 1.165) is 6.92 Å². The molecule has 1 fully saturated rings. The lowest BCUT2D eigenvalue weighted by Gasteiger charge is -2.27. The SMILES string of the molecule is C#C[C@@]1(O)[C@@H](COC(=O)c2ccccc2)O[C@@H](n2ncc3c(Cl)cc(Cl)nc32)[C@@H]1OC(C)=O. The molecule has 4 atom stereocenters. The predicted octanol–water partition coefficient (Wildman–Crippen LogP) is 2.79. The minimum Gasteiger partial charge on any atom is -0.459 e. The molecule has 9 nitrogen and oxygen atoms in total. The van der Waals surface area contributed by atoms with Crippen molar-refractivity contribution < 1.29 is 28.9 Å². The van der Waals surface area contributed by atoms with Crippen LogP contribution in [-0.4, -0.2) is 56.2 Å². The molecule has 3 aromatic rings. The van der Waals surface area contributed by atoms with Gasteiger partial charge in [0.2, 0.25) is 0 Å². The molecule has 1 saturated heterocycles. The number of terminal acetylenes is 1. The van der Waals surface area contributed by atoms with Crippen molar-refractivity contribution in [3.05, 3.63) is 58.3 Å². The fraction of sp³-hybridized carbons (Fsp3) is 0.273. The number of pyridine rings is 1. The maximum Gasteiger partial charge on any atom is 0.338 e. The van der Waals surface area contributed by atoms with E-state index in [0.29, 0.717) is 16.0 Å². The third-order valence-corrected chi connectivity index (χ3v) is 5.62. The Balaban J connectivity index is 1.68. The number of ether oxygens (including phenoxy) is 3. The average Bonchev–Trinajstić information content (AvgIpc) is 3.32. The van der Waals surface area contributed by atoms with E-state index in [-0.39, 0.29) is 10.8 Å². The Labute approximate surface area is 198 Å². The molecule has 2 aromatic heterocycles. The molecule has 0 unspecified atom stereocenters. The second-order valence-electron chi connectivity index (χ2n) is 7.23. The van der Waals surface area contributed by atoms with Crippen molar-refractivity contribution in [1.82, 2.24) is 14.8 Å². The number of aliphatic hydroxyl groups is 1. The van der Waals surface area contributed by atoms with Crippen LogP contribution in [0.1, 0.15) is 23.5 Å². The van der Waals surface area contributed by atoms with Crippen LogP contribution in [0.3, 0.4) is 0 Å². The van der Waals surface area contributed by atoms with Gasteiger partial charge in [0.25, 0.3) is 0 Å². The Kier molecular flexibility index (Phi) is 6.28. The number of aromatic nitrogens is 3. The van der Waals surface area contributed by atoms with Crippen molar-refractivity contribution in [3.8, 4) is 12.3 Å². The smallest absolute Gasteiger partial charge is 0.338 e. The van der Waals surface area contributed by atoms with Gasteiger partial charge in [0.05, 0.1) is 22.2 Å². The first kappa shape index (κ1) is 23.0. The summed E-state index contributed by atoms with van der Waals surface area (Å²) >= 11 is 12.2. The number of halogens is 2. The zero-order chi connectivity index (χ0) is 23.8. The number of rotatable bonds is 5. The lowest BCUT2D eigenvalue weighted by Crippen LogP contribution is -2.50. The van der Waals surface area contributed by atoms with Gasteiger partial charge in [-0.25, -0.2) is 14.5 Å². The number of hydrogen-bond acceptors (Lipinski definition) is 8. The summed E-state index contributed by atoms with van der Waals surface area (Å²) in [5.41, 5.74) is -1.62. The molecule has 33 heavy (non-hydrogen) atoms. The standard InChI is InChI=1S/C22H17Cl2N3O6/c1-3-22(30)16(11-31-21(29)13-7-5-4-6-8-13)33-20(18(22)32-12(2)28)27-19-14(10-25-27)15(23)9-17(24)26-19/h1,4-10,16,18,20,30H,11H2,2H3/t16-,18+,20-,22-/m1/s1. The van der Waals surface area contributed by atoms with Gasteiger partial charge in [-0.05, 0) is 18.2 Å². The number of nitrogens with zero attached hydrogens (tertiary/aromatic N) is 3. The summed E-state index contributed by atoms with van der Waals surface area (Å²) in [6.45, 7) is 0.737. The summed E-state index contributed by atoms with van der Waals surface area (Å²) in [5, 5.41) is 16.3. The van der Waals surface area contributed by atoms with Gasteiger partial charge >= 0.3 is 11.9 Å². The van der Waals surface area contributed by atoms with Gasteiger partial charge in [0, 0.05) is 6.92 Å². The highest BCUT2D eigenvalue weighted by Gasteiger charge is 2.59. The van der Waals surface area contributed by atoms with E-state index >= 15 is 0 Å². The first-order chi connectivity index (χ1) is 15.7. The highest BCUT2D eigenvalue weighted by Crippen LogP contribution is 2.41. The fourth-order valence-corrected chi connectivity index (χ4v) is 4.03. The van der Waals surface area contributed by atoms with Gasteiger partial charge in [0.15, 0.2) is 23.6 Å². The Morgan fingerprint density at radius 3 is 2.73 bits per heavy atom. The van der Waals surface area contributed by atoms with E-state index in [1.165, 1.54) is 16.9 Å². The molecule has 0 bridgehead atoms. The highest BCUT2D eigenvalue weighted by molar-refractivity contribution is 6.37. The molecule has 1 aromatic carbocycles. The number of esters is 2. The van der Waals surface area contributed by atoms with Crippen LogP contribution in [0.2, 0.25) is 10.2 Å². The van der Waals surface area contributed by atoms with Crippen LogP contribution in [0.4, 0.5) is 0 Å². The number of hydrogen-bond donors (Lipinski definition) is 1. The van der Waals surface area contributed by atoms with E-state index < -0.39 is 42.6 Å². The second kappa shape index (κ2) is 9.00. The topological polar surface area (TPSA) is 113 Å². The summed E-state index contributed by atoms with van der Waals surface area (Å²) in [4.78, 5) is 28.4. The van der Waals surface area contributed by atoms with E-state index in [2.05, 4.69) is 16.0 Å². The summed E-state index contributed by atoms with van der Waals surface area (Å²) in [5.74, 6) is 0.860. The molecular formula is C22H17Cl2N3O6. The number of carbonyl (C=O) groups excluding carboxylic acids is 2. The average molecular weight is 490 g/mol. The van der Waals surface area contributed by atoms with Crippen LogP contribution in [0.25, 0.3) is 11.0 Å².